The predicted molar refractivity (Wildman–Crippen MR) is 92.9 cm³/mol. The van der Waals surface area contributed by atoms with Gasteiger partial charge in [-0.2, -0.15) is 0 Å². The van der Waals surface area contributed by atoms with Crippen LogP contribution in [0.5, 0.6) is 11.5 Å². The number of nitrogens with one attached hydrogen (secondary N) is 1. The second kappa shape index (κ2) is 6.66. The molecule has 2 aromatic heterocycles. The number of pyridine rings is 1. The second-order valence-corrected chi connectivity index (χ2v) is 5.79. The number of hydrogen-bond acceptors (Lipinski definition) is 6. The van der Waals surface area contributed by atoms with E-state index in [-0.39, 0.29) is 0 Å². The molecular formula is C17H17N3O2S. The van der Waals surface area contributed by atoms with Gasteiger partial charge in [0.1, 0.15) is 0 Å². The van der Waals surface area contributed by atoms with Crippen molar-refractivity contribution in [3.8, 4) is 22.8 Å². The zero-order valence-electron chi connectivity index (χ0n) is 13.2. The standard InChI is InChI=1S/C17H17N3O2S/c1-11-8-13(9-15(21-2)16(11)22-3)19-17-20-14(10-23-17)12-4-6-18-7-5-12/h4-10H,1-3H3,(H,19,20). The number of aromatic nitrogens is 2. The van der Waals surface area contributed by atoms with Gasteiger partial charge < -0.3 is 14.8 Å². The monoisotopic (exact) mass is 327 g/mol. The molecule has 23 heavy (non-hydrogen) atoms. The zero-order valence-corrected chi connectivity index (χ0v) is 14.0. The van der Waals surface area contributed by atoms with Gasteiger partial charge in [-0.1, -0.05) is 0 Å². The highest BCUT2D eigenvalue weighted by molar-refractivity contribution is 7.14. The fraction of sp³-hybridized carbons (Fsp3) is 0.176. The molecule has 0 aliphatic rings. The van der Waals surface area contributed by atoms with Gasteiger partial charge in [-0.05, 0) is 30.7 Å². The maximum Gasteiger partial charge on any atom is 0.187 e. The van der Waals surface area contributed by atoms with Crippen LogP contribution in [0.2, 0.25) is 0 Å². The number of thiazole rings is 1. The fourth-order valence-electron chi connectivity index (χ4n) is 2.34. The van der Waals surface area contributed by atoms with Gasteiger partial charge in [0.05, 0.1) is 19.9 Å². The van der Waals surface area contributed by atoms with Gasteiger partial charge >= 0.3 is 0 Å². The second-order valence-electron chi connectivity index (χ2n) is 4.93. The molecule has 0 aliphatic carbocycles. The number of benzene rings is 1. The molecule has 0 bridgehead atoms. The minimum atomic E-state index is 0.695. The first-order valence-corrected chi connectivity index (χ1v) is 7.95. The minimum Gasteiger partial charge on any atom is -0.493 e. The van der Waals surface area contributed by atoms with Crippen molar-refractivity contribution in [2.24, 2.45) is 0 Å². The van der Waals surface area contributed by atoms with Crippen LogP contribution in [0.15, 0.2) is 42.0 Å². The molecule has 6 heteroatoms. The van der Waals surface area contributed by atoms with E-state index in [4.69, 9.17) is 9.47 Å². The summed E-state index contributed by atoms with van der Waals surface area (Å²) in [7, 11) is 3.27. The molecule has 1 N–H and O–H groups in total. The topological polar surface area (TPSA) is 56.3 Å². The maximum absolute atomic E-state index is 5.38. The molecular weight excluding hydrogens is 310 g/mol. The number of nitrogens with zero attached hydrogens (tertiary/aromatic N) is 2. The summed E-state index contributed by atoms with van der Waals surface area (Å²) in [5.74, 6) is 1.44. The van der Waals surface area contributed by atoms with Crippen LogP contribution in [0.4, 0.5) is 10.8 Å². The average molecular weight is 327 g/mol. The zero-order chi connectivity index (χ0) is 16.2. The van der Waals surface area contributed by atoms with E-state index in [2.05, 4.69) is 15.3 Å². The van der Waals surface area contributed by atoms with Crippen LogP contribution in [0.25, 0.3) is 11.3 Å². The Morgan fingerprint density at radius 3 is 2.57 bits per heavy atom. The number of ether oxygens (including phenoxy) is 2. The molecule has 3 rings (SSSR count). The molecule has 0 saturated carbocycles. The van der Waals surface area contributed by atoms with Crippen molar-refractivity contribution in [3.63, 3.8) is 0 Å². The molecule has 5 nitrogen and oxygen atoms in total. The van der Waals surface area contributed by atoms with E-state index in [0.29, 0.717) is 5.75 Å². The van der Waals surface area contributed by atoms with Crippen LogP contribution >= 0.6 is 11.3 Å². The lowest BCUT2D eigenvalue weighted by Crippen LogP contribution is -1.96. The first-order valence-electron chi connectivity index (χ1n) is 7.07. The summed E-state index contributed by atoms with van der Waals surface area (Å²) in [4.78, 5) is 8.64. The molecule has 0 unspecified atom stereocenters. The third-order valence-corrected chi connectivity index (χ3v) is 4.15. The van der Waals surface area contributed by atoms with E-state index in [1.807, 2.05) is 36.6 Å². The highest BCUT2D eigenvalue weighted by atomic mass is 32.1. The lowest BCUT2D eigenvalue weighted by molar-refractivity contribution is 0.353. The van der Waals surface area contributed by atoms with Gasteiger partial charge in [0.15, 0.2) is 16.6 Å². The minimum absolute atomic E-state index is 0.695. The summed E-state index contributed by atoms with van der Waals surface area (Å²) in [6, 6.07) is 7.80. The molecule has 0 fully saturated rings. The SMILES string of the molecule is COc1cc(Nc2nc(-c3ccncc3)cs2)cc(C)c1OC. The van der Waals surface area contributed by atoms with Gasteiger partial charge in [-0.3, -0.25) is 4.98 Å². The first kappa shape index (κ1) is 15.3. The molecule has 0 amide bonds. The number of rotatable bonds is 5. The average Bonchev–Trinajstić information content (AvgIpc) is 3.03. The van der Waals surface area contributed by atoms with E-state index in [0.717, 1.165) is 33.4 Å². The largest absolute Gasteiger partial charge is 0.493 e. The smallest absolute Gasteiger partial charge is 0.187 e. The summed E-state index contributed by atoms with van der Waals surface area (Å²) in [6.45, 7) is 1.98. The lowest BCUT2D eigenvalue weighted by atomic mass is 10.2. The van der Waals surface area contributed by atoms with Gasteiger partial charge in [0, 0.05) is 35.1 Å². The Kier molecular flexibility index (Phi) is 4.43. The van der Waals surface area contributed by atoms with Crippen LogP contribution in [-0.4, -0.2) is 24.2 Å². The van der Waals surface area contributed by atoms with Crippen LogP contribution in [0.3, 0.4) is 0 Å². The van der Waals surface area contributed by atoms with Crippen molar-refractivity contribution in [2.75, 3.05) is 19.5 Å². The van der Waals surface area contributed by atoms with Gasteiger partial charge in [0.25, 0.3) is 0 Å². The number of hydrogen-bond donors (Lipinski definition) is 1. The van der Waals surface area contributed by atoms with Crippen LogP contribution < -0.4 is 14.8 Å². The Morgan fingerprint density at radius 1 is 1.09 bits per heavy atom. The van der Waals surface area contributed by atoms with Crippen molar-refractivity contribution in [3.05, 3.63) is 47.6 Å². The summed E-state index contributed by atoms with van der Waals surface area (Å²) < 4.78 is 10.7. The molecule has 2 heterocycles. The Hall–Kier alpha value is -2.60. The molecule has 0 atom stereocenters. The molecule has 0 saturated heterocycles. The van der Waals surface area contributed by atoms with E-state index in [9.17, 15) is 0 Å². The van der Waals surface area contributed by atoms with Gasteiger partial charge in [-0.15, -0.1) is 11.3 Å². The molecule has 0 radical (unpaired) electrons. The van der Waals surface area contributed by atoms with Crippen LogP contribution in [-0.2, 0) is 0 Å². The Balaban J connectivity index is 1.86. The van der Waals surface area contributed by atoms with Gasteiger partial charge in [-0.25, -0.2) is 4.98 Å². The highest BCUT2D eigenvalue weighted by Crippen LogP contribution is 2.35. The van der Waals surface area contributed by atoms with Crippen LogP contribution in [0.1, 0.15) is 5.56 Å². The molecule has 118 valence electrons. The summed E-state index contributed by atoms with van der Waals surface area (Å²) >= 11 is 1.55. The Labute approximate surface area is 138 Å². The van der Waals surface area contributed by atoms with Crippen molar-refractivity contribution >= 4 is 22.2 Å². The highest BCUT2D eigenvalue weighted by Gasteiger charge is 2.11. The number of anilines is 2. The third kappa shape index (κ3) is 3.27. The van der Waals surface area contributed by atoms with Crippen molar-refractivity contribution in [1.82, 2.24) is 9.97 Å². The third-order valence-electron chi connectivity index (χ3n) is 3.40. The van der Waals surface area contributed by atoms with Crippen molar-refractivity contribution < 1.29 is 9.47 Å². The van der Waals surface area contributed by atoms with E-state index < -0.39 is 0 Å². The first-order chi connectivity index (χ1) is 11.2. The number of methoxy groups -OCH3 is 2. The van der Waals surface area contributed by atoms with Crippen molar-refractivity contribution in [1.29, 1.82) is 0 Å². The molecule has 3 aromatic rings. The van der Waals surface area contributed by atoms with E-state index in [1.54, 1.807) is 38.0 Å². The summed E-state index contributed by atoms with van der Waals surface area (Å²) in [5, 5.41) is 6.16. The Bertz CT molecular complexity index is 803. The maximum atomic E-state index is 5.38. The molecule has 0 spiro atoms. The summed E-state index contributed by atoms with van der Waals surface area (Å²) in [6.07, 6.45) is 3.53. The quantitative estimate of drug-likeness (QED) is 0.758. The van der Waals surface area contributed by atoms with Crippen LogP contribution in [0, 0.1) is 6.92 Å². The van der Waals surface area contributed by atoms with Gasteiger partial charge in [0.2, 0.25) is 0 Å². The lowest BCUT2D eigenvalue weighted by Gasteiger charge is -2.13. The van der Waals surface area contributed by atoms with E-state index in [1.165, 1.54) is 0 Å². The van der Waals surface area contributed by atoms with Crippen molar-refractivity contribution in [2.45, 2.75) is 6.92 Å². The Morgan fingerprint density at radius 2 is 1.87 bits per heavy atom. The fourth-order valence-corrected chi connectivity index (χ4v) is 3.08. The van der Waals surface area contributed by atoms with E-state index >= 15 is 0 Å². The predicted octanol–water partition coefficient (Wildman–Crippen LogP) is 4.27. The number of aryl methyl sites for hydroxylation is 1. The summed E-state index contributed by atoms with van der Waals surface area (Å²) in [5.41, 5.74) is 3.89. The molecule has 1 aromatic carbocycles. The molecule has 0 aliphatic heterocycles. The normalized spacial score (nSPS) is 10.4.